The van der Waals surface area contributed by atoms with Crippen LogP contribution in [0.4, 0.5) is 0 Å². The van der Waals surface area contributed by atoms with E-state index in [1.165, 1.54) is 0 Å². The summed E-state index contributed by atoms with van der Waals surface area (Å²) in [6.45, 7) is 4.65. The maximum absolute atomic E-state index is 13.4. The summed E-state index contributed by atoms with van der Waals surface area (Å²) in [6.07, 6.45) is 4.37. The number of benzene rings is 3. The number of para-hydroxylation sites is 1. The Labute approximate surface area is 234 Å². The van der Waals surface area contributed by atoms with Gasteiger partial charge in [-0.2, -0.15) is 5.10 Å². The Morgan fingerprint density at radius 3 is 2.23 bits per heavy atom. The van der Waals surface area contributed by atoms with Gasteiger partial charge in [-0.05, 0) is 43.3 Å². The predicted octanol–water partition coefficient (Wildman–Crippen LogP) is 4.15. The van der Waals surface area contributed by atoms with Gasteiger partial charge in [-0.3, -0.25) is 14.5 Å². The van der Waals surface area contributed by atoms with Crippen molar-refractivity contribution in [3.63, 3.8) is 0 Å². The van der Waals surface area contributed by atoms with E-state index >= 15 is 0 Å². The summed E-state index contributed by atoms with van der Waals surface area (Å²) in [6, 6.07) is 28.4. The summed E-state index contributed by atoms with van der Waals surface area (Å²) in [5.74, 6) is -0.704. The van der Waals surface area contributed by atoms with E-state index in [-0.39, 0.29) is 17.5 Å². The molecule has 0 unspecified atom stereocenters. The van der Waals surface area contributed by atoms with Crippen molar-refractivity contribution in [1.82, 2.24) is 25.3 Å². The molecule has 1 fully saturated rings. The molecule has 1 aliphatic heterocycles. The lowest BCUT2D eigenvalue weighted by molar-refractivity contribution is -0.117. The van der Waals surface area contributed by atoms with Crippen LogP contribution in [-0.4, -0.2) is 65.9 Å². The molecule has 40 heavy (non-hydrogen) atoms. The van der Waals surface area contributed by atoms with Crippen molar-refractivity contribution in [2.24, 2.45) is 0 Å². The van der Waals surface area contributed by atoms with Gasteiger partial charge in [-0.15, -0.1) is 0 Å². The summed E-state index contributed by atoms with van der Waals surface area (Å²) in [7, 11) is 0. The molecule has 1 aromatic heterocycles. The third kappa shape index (κ3) is 7.11. The van der Waals surface area contributed by atoms with Crippen LogP contribution in [-0.2, 0) is 9.53 Å². The molecule has 1 aliphatic rings. The van der Waals surface area contributed by atoms with Crippen molar-refractivity contribution < 1.29 is 14.3 Å². The molecule has 1 saturated heterocycles. The highest BCUT2D eigenvalue weighted by molar-refractivity contribution is 6.05. The summed E-state index contributed by atoms with van der Waals surface area (Å²) < 4.78 is 7.19. The summed E-state index contributed by atoms with van der Waals surface area (Å²) in [5.41, 5.74) is 3.84. The Balaban J connectivity index is 1.42. The van der Waals surface area contributed by atoms with Crippen LogP contribution in [0.25, 0.3) is 23.0 Å². The molecule has 0 bridgehead atoms. The second-order valence-electron chi connectivity index (χ2n) is 9.52. The first-order valence-electron chi connectivity index (χ1n) is 13.5. The molecule has 0 saturated carbocycles. The summed E-state index contributed by atoms with van der Waals surface area (Å²) in [5, 5.41) is 10.7. The molecule has 3 aromatic carbocycles. The minimum atomic E-state index is -0.355. The molecule has 8 heteroatoms. The fourth-order valence-electron chi connectivity index (χ4n) is 4.55. The molecule has 0 aliphatic carbocycles. The molecule has 5 rings (SSSR count). The lowest BCUT2D eigenvalue weighted by Gasteiger charge is -2.26. The Hall–Kier alpha value is -4.53. The number of nitrogens with zero attached hydrogens (tertiary/aromatic N) is 3. The molecule has 0 spiro atoms. The van der Waals surface area contributed by atoms with Crippen LogP contribution in [0.5, 0.6) is 0 Å². The van der Waals surface area contributed by atoms with Gasteiger partial charge in [0.15, 0.2) is 0 Å². The van der Waals surface area contributed by atoms with Crippen LogP contribution in [0.3, 0.4) is 0 Å². The average Bonchev–Trinajstić information content (AvgIpc) is 3.44. The van der Waals surface area contributed by atoms with Crippen LogP contribution in [0.1, 0.15) is 22.3 Å². The fraction of sp³-hybridized carbons (Fsp3) is 0.219. The number of hydrogen-bond donors (Lipinski definition) is 2. The van der Waals surface area contributed by atoms with Crippen molar-refractivity contribution in [3.8, 4) is 16.9 Å². The van der Waals surface area contributed by atoms with Gasteiger partial charge in [0.05, 0.1) is 18.9 Å². The van der Waals surface area contributed by atoms with Crippen LogP contribution >= 0.6 is 0 Å². The first-order valence-corrected chi connectivity index (χ1v) is 13.5. The highest BCUT2D eigenvalue weighted by atomic mass is 16.5. The number of carbonyl (C=O) groups is 2. The molecule has 8 nitrogen and oxygen atoms in total. The van der Waals surface area contributed by atoms with Crippen LogP contribution in [0.15, 0.2) is 103 Å². The van der Waals surface area contributed by atoms with Gasteiger partial charge >= 0.3 is 0 Å². The van der Waals surface area contributed by atoms with Crippen molar-refractivity contribution >= 4 is 17.9 Å². The van der Waals surface area contributed by atoms with Gasteiger partial charge in [0.25, 0.3) is 11.8 Å². The second-order valence-corrected chi connectivity index (χ2v) is 9.52. The first kappa shape index (κ1) is 27.1. The van der Waals surface area contributed by atoms with Gasteiger partial charge in [-0.25, -0.2) is 4.68 Å². The van der Waals surface area contributed by atoms with Crippen LogP contribution < -0.4 is 10.6 Å². The highest BCUT2D eigenvalue weighted by Gasteiger charge is 2.18. The van der Waals surface area contributed by atoms with Gasteiger partial charge in [0, 0.05) is 42.5 Å². The number of carbonyl (C=O) groups excluding carboxylic acids is 2. The SMILES string of the molecule is O=C(NCCCN1CCOCC1)/C(=C/c1cn(-c2ccccc2)nc1-c1ccccc1)NC(=O)c1ccccc1. The zero-order chi connectivity index (χ0) is 27.6. The molecule has 2 amide bonds. The molecule has 0 radical (unpaired) electrons. The van der Waals surface area contributed by atoms with E-state index in [1.807, 2.05) is 72.9 Å². The van der Waals surface area contributed by atoms with E-state index in [2.05, 4.69) is 15.5 Å². The van der Waals surface area contributed by atoms with Crippen molar-refractivity contribution in [1.29, 1.82) is 0 Å². The summed E-state index contributed by atoms with van der Waals surface area (Å²) >= 11 is 0. The third-order valence-corrected chi connectivity index (χ3v) is 6.68. The van der Waals surface area contributed by atoms with Gasteiger partial charge in [0.1, 0.15) is 11.4 Å². The van der Waals surface area contributed by atoms with Crippen molar-refractivity contribution in [2.75, 3.05) is 39.4 Å². The zero-order valence-electron chi connectivity index (χ0n) is 22.3. The minimum Gasteiger partial charge on any atom is -0.379 e. The lowest BCUT2D eigenvalue weighted by Crippen LogP contribution is -2.39. The first-order chi connectivity index (χ1) is 19.7. The number of aromatic nitrogens is 2. The van der Waals surface area contributed by atoms with E-state index in [1.54, 1.807) is 35.0 Å². The Morgan fingerprint density at radius 1 is 0.875 bits per heavy atom. The number of morpholine rings is 1. The number of hydrogen-bond acceptors (Lipinski definition) is 5. The van der Waals surface area contributed by atoms with Crippen molar-refractivity contribution in [3.05, 3.63) is 114 Å². The normalized spacial score (nSPS) is 14.1. The van der Waals surface area contributed by atoms with Gasteiger partial charge in [0.2, 0.25) is 0 Å². The predicted molar refractivity (Wildman–Crippen MR) is 156 cm³/mol. The summed E-state index contributed by atoms with van der Waals surface area (Å²) in [4.78, 5) is 28.9. The minimum absolute atomic E-state index is 0.157. The van der Waals surface area contributed by atoms with E-state index in [9.17, 15) is 9.59 Å². The van der Waals surface area contributed by atoms with E-state index in [0.717, 1.165) is 50.5 Å². The number of nitrogens with one attached hydrogen (secondary N) is 2. The molecule has 204 valence electrons. The van der Waals surface area contributed by atoms with Gasteiger partial charge in [-0.1, -0.05) is 66.7 Å². The standard InChI is InChI=1S/C32H33N5O3/c38-31(26-13-6-2-7-14-26)34-29(32(39)33-17-10-18-36-19-21-40-22-20-36)23-27-24-37(28-15-8-3-9-16-28)35-30(27)25-11-4-1-5-12-25/h1-9,11-16,23-24H,10,17-22H2,(H,33,39)(H,34,38)/b29-23-. The Kier molecular flexibility index (Phi) is 9.13. The second kappa shape index (κ2) is 13.5. The monoisotopic (exact) mass is 535 g/mol. The smallest absolute Gasteiger partial charge is 0.267 e. The maximum Gasteiger partial charge on any atom is 0.267 e. The number of ether oxygens (including phenoxy) is 1. The molecular formula is C32H33N5O3. The molecule has 2 N–H and O–H groups in total. The van der Waals surface area contributed by atoms with Crippen molar-refractivity contribution in [2.45, 2.75) is 6.42 Å². The lowest BCUT2D eigenvalue weighted by atomic mass is 10.1. The topological polar surface area (TPSA) is 88.5 Å². The molecule has 2 heterocycles. The Bertz CT molecular complexity index is 1430. The number of rotatable bonds is 10. The van der Waals surface area contributed by atoms with E-state index < -0.39 is 0 Å². The van der Waals surface area contributed by atoms with E-state index in [4.69, 9.17) is 9.84 Å². The van der Waals surface area contributed by atoms with E-state index in [0.29, 0.717) is 23.4 Å². The fourth-order valence-corrected chi connectivity index (χ4v) is 4.55. The van der Waals surface area contributed by atoms with Gasteiger partial charge < -0.3 is 15.4 Å². The molecule has 0 atom stereocenters. The quantitative estimate of drug-likeness (QED) is 0.235. The molecular weight excluding hydrogens is 502 g/mol. The van der Waals surface area contributed by atoms with Crippen LogP contribution in [0, 0.1) is 0 Å². The molecule has 4 aromatic rings. The zero-order valence-corrected chi connectivity index (χ0v) is 22.3. The largest absolute Gasteiger partial charge is 0.379 e. The third-order valence-electron chi connectivity index (χ3n) is 6.68. The number of amides is 2. The maximum atomic E-state index is 13.4. The van der Waals surface area contributed by atoms with Crippen LogP contribution in [0.2, 0.25) is 0 Å². The highest BCUT2D eigenvalue weighted by Crippen LogP contribution is 2.25. The average molecular weight is 536 g/mol. The Morgan fingerprint density at radius 2 is 1.52 bits per heavy atom.